The van der Waals surface area contributed by atoms with Gasteiger partial charge in [-0.1, -0.05) is 40.2 Å². The molecule has 0 heterocycles. The molecular formula is C11H10BrNO. The fourth-order valence-electron chi connectivity index (χ4n) is 1.13. The van der Waals surface area contributed by atoms with Crippen LogP contribution in [0.25, 0.3) is 0 Å². The van der Waals surface area contributed by atoms with E-state index < -0.39 is 0 Å². The third-order valence-corrected chi connectivity index (χ3v) is 3.09. The second-order valence-electron chi connectivity index (χ2n) is 3.05. The van der Waals surface area contributed by atoms with E-state index in [1.165, 1.54) is 0 Å². The van der Waals surface area contributed by atoms with Crippen LogP contribution in [0, 0.1) is 11.3 Å². The van der Waals surface area contributed by atoms with Crippen LogP contribution in [-0.2, 0) is 11.2 Å². The highest BCUT2D eigenvalue weighted by molar-refractivity contribution is 9.09. The number of hydrogen-bond donors (Lipinski definition) is 0. The molecule has 0 bridgehead atoms. The zero-order valence-electron chi connectivity index (χ0n) is 7.83. The van der Waals surface area contributed by atoms with Gasteiger partial charge in [-0.3, -0.25) is 4.79 Å². The van der Waals surface area contributed by atoms with Crippen molar-refractivity contribution in [2.45, 2.75) is 18.2 Å². The van der Waals surface area contributed by atoms with E-state index in [-0.39, 0.29) is 10.6 Å². The summed E-state index contributed by atoms with van der Waals surface area (Å²) in [6, 6.07) is 9.56. The van der Waals surface area contributed by atoms with Crippen LogP contribution in [0.1, 0.15) is 22.9 Å². The molecule has 0 saturated heterocycles. The predicted octanol–water partition coefficient (Wildman–Crippen LogP) is 2.78. The fraction of sp³-hybridized carbons (Fsp3) is 0.273. The van der Waals surface area contributed by atoms with Crippen molar-refractivity contribution in [3.8, 4) is 6.07 Å². The van der Waals surface area contributed by atoms with Gasteiger partial charge in [0.2, 0.25) is 0 Å². The number of carbonyl (C=O) groups excluding carboxylic acids is 1. The number of nitrogens with zero attached hydrogens (tertiary/aromatic N) is 1. The lowest BCUT2D eigenvalue weighted by Crippen LogP contribution is -2.00. The summed E-state index contributed by atoms with van der Waals surface area (Å²) in [6.45, 7) is 1.54. The Morgan fingerprint density at radius 3 is 2.50 bits per heavy atom. The molecule has 14 heavy (non-hydrogen) atoms. The number of Topliss-reactive ketones (excluding diaryl/α,β-unsaturated/α-hetero) is 1. The second-order valence-corrected chi connectivity index (χ2v) is 3.97. The number of nitriles is 1. The van der Waals surface area contributed by atoms with Crippen LogP contribution >= 0.6 is 15.9 Å². The molecule has 0 fully saturated rings. The third kappa shape index (κ3) is 2.68. The lowest BCUT2D eigenvalue weighted by molar-refractivity contribution is -0.116. The minimum atomic E-state index is -0.237. The Hall–Kier alpha value is -1.14. The minimum absolute atomic E-state index is 0.0815. The first-order valence-electron chi connectivity index (χ1n) is 4.25. The third-order valence-electron chi connectivity index (χ3n) is 1.91. The van der Waals surface area contributed by atoms with Gasteiger partial charge < -0.3 is 0 Å². The number of carbonyl (C=O) groups is 1. The number of halogens is 1. The molecule has 0 saturated carbocycles. The first-order valence-corrected chi connectivity index (χ1v) is 5.17. The van der Waals surface area contributed by atoms with E-state index in [1.807, 2.05) is 24.3 Å². The minimum Gasteiger partial charge on any atom is -0.298 e. The Morgan fingerprint density at radius 1 is 1.50 bits per heavy atom. The lowest BCUT2D eigenvalue weighted by Gasteiger charge is -2.06. The van der Waals surface area contributed by atoms with Gasteiger partial charge in [-0.15, -0.1) is 0 Å². The summed E-state index contributed by atoms with van der Waals surface area (Å²) in [6.07, 6.45) is 0.410. The van der Waals surface area contributed by atoms with Gasteiger partial charge in [-0.05, 0) is 18.1 Å². The molecule has 0 aliphatic rings. The summed E-state index contributed by atoms with van der Waals surface area (Å²) < 4.78 is 0. The van der Waals surface area contributed by atoms with Crippen molar-refractivity contribution in [3.63, 3.8) is 0 Å². The SMILES string of the molecule is CC(=O)C(Br)c1ccc(CC#N)cc1. The Bertz CT molecular complexity index is 364. The van der Waals surface area contributed by atoms with E-state index in [0.29, 0.717) is 6.42 Å². The molecule has 0 radical (unpaired) electrons. The van der Waals surface area contributed by atoms with Crippen LogP contribution in [0.5, 0.6) is 0 Å². The Kier molecular flexibility index (Phi) is 3.84. The average molecular weight is 252 g/mol. The molecule has 0 N–H and O–H groups in total. The van der Waals surface area contributed by atoms with E-state index in [9.17, 15) is 4.79 Å². The quantitative estimate of drug-likeness (QED) is 0.776. The van der Waals surface area contributed by atoms with Crippen molar-refractivity contribution in [1.82, 2.24) is 0 Å². The summed E-state index contributed by atoms with van der Waals surface area (Å²) >= 11 is 3.30. The smallest absolute Gasteiger partial charge is 0.147 e. The number of benzene rings is 1. The monoisotopic (exact) mass is 251 g/mol. The van der Waals surface area contributed by atoms with E-state index in [2.05, 4.69) is 22.0 Å². The van der Waals surface area contributed by atoms with Gasteiger partial charge in [0.1, 0.15) is 5.78 Å². The van der Waals surface area contributed by atoms with E-state index >= 15 is 0 Å². The summed E-state index contributed by atoms with van der Waals surface area (Å²) in [7, 11) is 0. The fourth-order valence-corrected chi connectivity index (χ4v) is 1.44. The van der Waals surface area contributed by atoms with Gasteiger partial charge in [-0.2, -0.15) is 5.26 Å². The lowest BCUT2D eigenvalue weighted by atomic mass is 10.1. The Labute approximate surface area is 91.7 Å². The van der Waals surface area contributed by atoms with Crippen molar-refractivity contribution < 1.29 is 4.79 Å². The van der Waals surface area contributed by atoms with Gasteiger partial charge in [0.15, 0.2) is 0 Å². The van der Waals surface area contributed by atoms with Crippen molar-refractivity contribution in [3.05, 3.63) is 35.4 Å². The summed E-state index contributed by atoms with van der Waals surface area (Å²) in [5, 5.41) is 8.47. The molecule has 0 amide bonds. The summed E-state index contributed by atoms with van der Waals surface area (Å²) in [5.41, 5.74) is 1.90. The molecule has 0 aliphatic carbocycles. The molecule has 0 aromatic heterocycles. The molecule has 0 spiro atoms. The van der Waals surface area contributed by atoms with Crippen molar-refractivity contribution >= 4 is 21.7 Å². The second kappa shape index (κ2) is 4.92. The molecule has 2 nitrogen and oxygen atoms in total. The highest BCUT2D eigenvalue weighted by Crippen LogP contribution is 2.23. The van der Waals surface area contributed by atoms with Gasteiger partial charge in [0, 0.05) is 0 Å². The zero-order valence-corrected chi connectivity index (χ0v) is 9.41. The molecule has 1 aromatic carbocycles. The first kappa shape index (κ1) is 10.9. The van der Waals surface area contributed by atoms with Crippen molar-refractivity contribution in [2.24, 2.45) is 0 Å². The highest BCUT2D eigenvalue weighted by atomic mass is 79.9. The molecular weight excluding hydrogens is 242 g/mol. The van der Waals surface area contributed by atoms with Crippen LogP contribution in [0.4, 0.5) is 0 Å². The van der Waals surface area contributed by atoms with Gasteiger partial charge in [-0.25, -0.2) is 0 Å². The predicted molar refractivity (Wildman–Crippen MR) is 58.1 cm³/mol. The summed E-state index contributed by atoms with van der Waals surface area (Å²) in [4.78, 5) is 10.8. The van der Waals surface area contributed by atoms with Gasteiger partial charge in [0.05, 0.1) is 17.3 Å². The average Bonchev–Trinajstić information content (AvgIpc) is 2.18. The Balaban J connectivity index is 2.84. The normalized spacial score (nSPS) is 11.8. The number of hydrogen-bond acceptors (Lipinski definition) is 2. The summed E-state index contributed by atoms with van der Waals surface area (Å²) in [5.74, 6) is 0.0815. The van der Waals surface area contributed by atoms with Gasteiger partial charge in [0.25, 0.3) is 0 Å². The maximum atomic E-state index is 11.1. The molecule has 0 aliphatic heterocycles. The maximum Gasteiger partial charge on any atom is 0.147 e. The topological polar surface area (TPSA) is 40.9 Å². The molecule has 72 valence electrons. The van der Waals surface area contributed by atoms with Gasteiger partial charge >= 0.3 is 0 Å². The molecule has 1 unspecified atom stereocenters. The van der Waals surface area contributed by atoms with Crippen LogP contribution in [0.2, 0.25) is 0 Å². The Morgan fingerprint density at radius 2 is 2.07 bits per heavy atom. The van der Waals surface area contributed by atoms with Crippen LogP contribution in [0.15, 0.2) is 24.3 Å². The molecule has 1 aromatic rings. The highest BCUT2D eigenvalue weighted by Gasteiger charge is 2.11. The van der Waals surface area contributed by atoms with Crippen molar-refractivity contribution in [1.29, 1.82) is 5.26 Å². The van der Waals surface area contributed by atoms with Crippen molar-refractivity contribution in [2.75, 3.05) is 0 Å². The van der Waals surface area contributed by atoms with E-state index in [4.69, 9.17) is 5.26 Å². The zero-order chi connectivity index (χ0) is 10.6. The van der Waals surface area contributed by atoms with Crippen LogP contribution < -0.4 is 0 Å². The van der Waals surface area contributed by atoms with Crippen LogP contribution in [0.3, 0.4) is 0 Å². The largest absolute Gasteiger partial charge is 0.298 e. The standard InChI is InChI=1S/C11H10BrNO/c1-8(14)11(12)10-4-2-9(3-5-10)6-7-13/h2-5,11H,6H2,1H3. The first-order chi connectivity index (χ1) is 6.65. The number of alkyl halides is 1. The molecule has 1 atom stereocenters. The molecule has 1 rings (SSSR count). The molecule has 3 heteroatoms. The van der Waals surface area contributed by atoms with E-state index in [1.54, 1.807) is 6.92 Å². The van der Waals surface area contributed by atoms with Crippen LogP contribution in [-0.4, -0.2) is 5.78 Å². The maximum absolute atomic E-state index is 11.1. The number of rotatable bonds is 3. The van der Waals surface area contributed by atoms with E-state index in [0.717, 1.165) is 11.1 Å². The number of ketones is 1.